The first-order valence-electron chi connectivity index (χ1n) is 14.2. The standard InChI is InChI=1S/C32H35N3O8/c1-31(2)15-23-29(25(36)17-31)28(30-24(33(23)11-12-42-5)16-32(3,4)18-26(30)37)19-7-6-8-21(13-19)43-27-10-9-20(34(38)39)14-22(27)35(40)41/h6-10,13-14,28H,11-12,15-18H2,1-5H3. The molecule has 11 heteroatoms. The molecule has 0 atom stereocenters. The summed E-state index contributed by atoms with van der Waals surface area (Å²) >= 11 is 0. The first kappa shape index (κ1) is 30.1. The monoisotopic (exact) mass is 589 g/mol. The number of nitro benzene ring substituents is 2. The molecule has 1 aliphatic heterocycles. The van der Waals surface area contributed by atoms with Crippen molar-refractivity contribution in [3.05, 3.63) is 90.8 Å². The molecule has 0 fully saturated rings. The molecule has 0 amide bonds. The number of allylic oxidation sites excluding steroid dienone is 4. The van der Waals surface area contributed by atoms with Gasteiger partial charge in [0.25, 0.3) is 5.69 Å². The number of Topliss-reactive ketones (excluding diaryl/α,β-unsaturated/α-hetero) is 2. The molecule has 0 saturated carbocycles. The highest BCUT2D eigenvalue weighted by atomic mass is 16.6. The molecule has 0 spiro atoms. The minimum Gasteiger partial charge on any atom is -0.450 e. The summed E-state index contributed by atoms with van der Waals surface area (Å²) in [6.07, 6.45) is 2.00. The summed E-state index contributed by atoms with van der Waals surface area (Å²) in [4.78, 5) is 51.4. The summed E-state index contributed by atoms with van der Waals surface area (Å²) < 4.78 is 11.3. The van der Waals surface area contributed by atoms with Crippen molar-refractivity contribution in [1.29, 1.82) is 0 Å². The van der Waals surface area contributed by atoms with Gasteiger partial charge in [0.1, 0.15) is 5.75 Å². The maximum atomic E-state index is 13.9. The van der Waals surface area contributed by atoms with Crippen LogP contribution in [0.1, 0.15) is 64.9 Å². The molecular formula is C32H35N3O8. The lowest BCUT2D eigenvalue weighted by Gasteiger charge is -2.49. The lowest BCUT2D eigenvalue weighted by Crippen LogP contribution is -2.45. The molecule has 0 saturated heterocycles. The van der Waals surface area contributed by atoms with E-state index in [2.05, 4.69) is 32.6 Å². The Morgan fingerprint density at radius 1 is 0.860 bits per heavy atom. The molecule has 3 aliphatic rings. The fourth-order valence-electron chi connectivity index (χ4n) is 6.57. The Hall–Kier alpha value is -4.38. The first-order chi connectivity index (χ1) is 20.2. The zero-order valence-corrected chi connectivity index (χ0v) is 25.0. The van der Waals surface area contributed by atoms with Crippen molar-refractivity contribution in [1.82, 2.24) is 4.90 Å². The molecule has 0 radical (unpaired) electrons. The zero-order valence-electron chi connectivity index (χ0n) is 25.0. The van der Waals surface area contributed by atoms with Crippen molar-refractivity contribution in [2.45, 2.75) is 59.3 Å². The van der Waals surface area contributed by atoms with Gasteiger partial charge in [-0.25, -0.2) is 0 Å². The van der Waals surface area contributed by atoms with Crippen molar-refractivity contribution in [2.24, 2.45) is 10.8 Å². The Morgan fingerprint density at radius 2 is 1.47 bits per heavy atom. The van der Waals surface area contributed by atoms with Gasteiger partial charge in [-0.05, 0) is 47.4 Å². The third-order valence-electron chi connectivity index (χ3n) is 8.31. The second kappa shape index (κ2) is 11.0. The van der Waals surface area contributed by atoms with E-state index in [1.54, 1.807) is 25.3 Å². The molecule has 11 nitrogen and oxygen atoms in total. The number of carbonyl (C=O) groups is 2. The summed E-state index contributed by atoms with van der Waals surface area (Å²) in [7, 11) is 1.63. The fraction of sp³-hybridized carbons (Fsp3) is 0.438. The van der Waals surface area contributed by atoms with Crippen molar-refractivity contribution in [2.75, 3.05) is 20.3 Å². The topological polar surface area (TPSA) is 142 Å². The molecule has 0 bridgehead atoms. The average Bonchev–Trinajstić information content (AvgIpc) is 2.90. The van der Waals surface area contributed by atoms with Gasteiger partial charge < -0.3 is 14.4 Å². The summed E-state index contributed by atoms with van der Waals surface area (Å²) in [6, 6.07) is 10.0. The third-order valence-corrected chi connectivity index (χ3v) is 8.31. The maximum absolute atomic E-state index is 13.9. The lowest BCUT2D eigenvalue weighted by molar-refractivity contribution is -0.394. The Morgan fingerprint density at radius 3 is 2.00 bits per heavy atom. The highest BCUT2D eigenvalue weighted by molar-refractivity contribution is 6.06. The van der Waals surface area contributed by atoms with Crippen LogP contribution >= 0.6 is 0 Å². The molecule has 0 N–H and O–H groups in total. The van der Waals surface area contributed by atoms with E-state index in [9.17, 15) is 29.8 Å². The van der Waals surface area contributed by atoms with Gasteiger partial charge in [-0.3, -0.25) is 29.8 Å². The van der Waals surface area contributed by atoms with E-state index >= 15 is 0 Å². The molecule has 0 unspecified atom stereocenters. The first-order valence-corrected chi connectivity index (χ1v) is 14.2. The van der Waals surface area contributed by atoms with Gasteiger partial charge >= 0.3 is 5.69 Å². The quantitative estimate of drug-likeness (QED) is 0.245. The number of non-ortho nitro benzene ring substituents is 1. The van der Waals surface area contributed by atoms with Gasteiger partial charge in [0, 0.05) is 61.0 Å². The molecule has 2 aromatic carbocycles. The maximum Gasteiger partial charge on any atom is 0.318 e. The normalized spacial score (nSPS) is 19.7. The Balaban J connectivity index is 1.65. The number of benzene rings is 2. The predicted octanol–water partition coefficient (Wildman–Crippen LogP) is 6.63. The summed E-state index contributed by atoms with van der Waals surface area (Å²) in [5.41, 5.74) is 2.17. The van der Waals surface area contributed by atoms with Crippen molar-refractivity contribution in [3.63, 3.8) is 0 Å². The second-order valence-corrected chi connectivity index (χ2v) is 13.0. The molecule has 2 aliphatic carbocycles. The summed E-state index contributed by atoms with van der Waals surface area (Å²) in [5.74, 6) is -0.563. The number of hydrogen-bond acceptors (Lipinski definition) is 9. The Kier molecular flexibility index (Phi) is 7.72. The van der Waals surface area contributed by atoms with E-state index in [0.29, 0.717) is 55.5 Å². The number of ether oxygens (including phenoxy) is 2. The van der Waals surface area contributed by atoms with Gasteiger partial charge in [-0.15, -0.1) is 0 Å². The molecular weight excluding hydrogens is 554 g/mol. The molecule has 226 valence electrons. The van der Waals surface area contributed by atoms with E-state index < -0.39 is 27.1 Å². The minimum absolute atomic E-state index is 0.0137. The van der Waals surface area contributed by atoms with Crippen LogP contribution in [0.3, 0.4) is 0 Å². The smallest absolute Gasteiger partial charge is 0.318 e. The molecule has 2 aromatic rings. The van der Waals surface area contributed by atoms with Crippen LogP contribution in [-0.2, 0) is 14.3 Å². The van der Waals surface area contributed by atoms with Gasteiger partial charge in [0.15, 0.2) is 11.6 Å². The molecule has 5 rings (SSSR count). The van der Waals surface area contributed by atoms with E-state index in [0.717, 1.165) is 23.5 Å². The molecule has 43 heavy (non-hydrogen) atoms. The van der Waals surface area contributed by atoms with Crippen LogP contribution in [0.2, 0.25) is 0 Å². The largest absolute Gasteiger partial charge is 0.450 e. The number of rotatable bonds is 8. The number of carbonyl (C=O) groups excluding carboxylic acids is 2. The lowest BCUT2D eigenvalue weighted by atomic mass is 9.63. The Labute approximate surface area is 249 Å². The Bertz CT molecular complexity index is 1550. The summed E-state index contributed by atoms with van der Waals surface area (Å²) in [5, 5.41) is 22.9. The highest BCUT2D eigenvalue weighted by Crippen LogP contribution is 2.54. The van der Waals surface area contributed by atoms with Crippen LogP contribution in [-0.4, -0.2) is 46.6 Å². The number of hydrogen-bond donors (Lipinski definition) is 0. The van der Waals surface area contributed by atoms with E-state index in [1.807, 2.05) is 6.07 Å². The van der Waals surface area contributed by atoms with Crippen LogP contribution < -0.4 is 4.74 Å². The van der Waals surface area contributed by atoms with Gasteiger partial charge in [0.05, 0.1) is 22.5 Å². The van der Waals surface area contributed by atoms with Crippen molar-refractivity contribution < 1.29 is 28.9 Å². The van der Waals surface area contributed by atoms with Gasteiger partial charge in [0.2, 0.25) is 5.75 Å². The predicted molar refractivity (Wildman–Crippen MR) is 158 cm³/mol. The SMILES string of the molecule is COCCN1C2=C(C(=O)CC(C)(C)C2)C(c2cccc(Oc3ccc([N+](=O)[O-])cc3[N+](=O)[O-])c2)C2=C1CC(C)(C)CC2=O. The number of ketones is 2. The second-order valence-electron chi connectivity index (χ2n) is 13.0. The van der Waals surface area contributed by atoms with Gasteiger partial charge in [-0.1, -0.05) is 39.8 Å². The third kappa shape index (κ3) is 5.81. The van der Waals surface area contributed by atoms with Crippen LogP contribution in [0.15, 0.2) is 65.0 Å². The number of methoxy groups -OCH3 is 1. The highest BCUT2D eigenvalue weighted by Gasteiger charge is 2.49. The minimum atomic E-state index is -0.735. The van der Waals surface area contributed by atoms with Gasteiger partial charge in [-0.2, -0.15) is 0 Å². The average molecular weight is 590 g/mol. The fourth-order valence-corrected chi connectivity index (χ4v) is 6.57. The summed E-state index contributed by atoms with van der Waals surface area (Å²) in [6.45, 7) is 9.24. The van der Waals surface area contributed by atoms with Crippen LogP contribution in [0.5, 0.6) is 11.5 Å². The molecule has 0 aromatic heterocycles. The van der Waals surface area contributed by atoms with E-state index in [1.165, 1.54) is 6.07 Å². The van der Waals surface area contributed by atoms with Crippen molar-refractivity contribution in [3.8, 4) is 11.5 Å². The van der Waals surface area contributed by atoms with Crippen LogP contribution in [0.4, 0.5) is 11.4 Å². The number of nitrogens with zero attached hydrogens (tertiary/aromatic N) is 3. The van der Waals surface area contributed by atoms with Crippen LogP contribution in [0, 0.1) is 31.1 Å². The van der Waals surface area contributed by atoms with E-state index in [-0.39, 0.29) is 33.9 Å². The van der Waals surface area contributed by atoms with E-state index in [4.69, 9.17) is 9.47 Å². The molecule has 1 heterocycles. The number of nitro groups is 2. The van der Waals surface area contributed by atoms with Crippen molar-refractivity contribution >= 4 is 22.9 Å². The zero-order chi connectivity index (χ0) is 31.3. The van der Waals surface area contributed by atoms with Crippen LogP contribution in [0.25, 0.3) is 0 Å².